The van der Waals surface area contributed by atoms with Crippen molar-refractivity contribution < 1.29 is 4.74 Å². The third-order valence-electron chi connectivity index (χ3n) is 4.04. The molecule has 1 aromatic rings. The molecule has 5 nitrogen and oxygen atoms in total. The molecule has 1 aromatic carbocycles. The van der Waals surface area contributed by atoms with E-state index in [2.05, 4.69) is 48.3 Å². The Kier molecular flexibility index (Phi) is 11.5. The second-order valence-corrected chi connectivity index (χ2v) is 6.48. The summed E-state index contributed by atoms with van der Waals surface area (Å²) in [5.41, 5.74) is 0. The lowest BCUT2D eigenvalue weighted by Crippen LogP contribution is -2.38. The van der Waals surface area contributed by atoms with Crippen LogP contribution in [0.15, 0.2) is 35.3 Å². The average Bonchev–Trinajstić information content (AvgIpc) is 2.61. The Balaban J connectivity index is 2.16. The topological polar surface area (TPSA) is 48.9 Å². The van der Waals surface area contributed by atoms with Crippen LogP contribution in [0.2, 0.25) is 0 Å². The average molecular weight is 349 g/mol. The molecule has 0 bridgehead atoms. The highest BCUT2D eigenvalue weighted by Gasteiger charge is 2.02. The van der Waals surface area contributed by atoms with Gasteiger partial charge in [0.2, 0.25) is 0 Å². The van der Waals surface area contributed by atoms with E-state index in [0.717, 1.165) is 50.7 Å². The number of unbranched alkanes of at least 4 members (excludes halogenated alkanes) is 1. The molecule has 2 N–H and O–H groups in total. The number of aliphatic imine (C=N–C) groups is 1. The Bertz CT molecular complexity index is 462. The van der Waals surface area contributed by atoms with Crippen LogP contribution in [0.4, 0.5) is 0 Å². The van der Waals surface area contributed by atoms with E-state index in [1.165, 1.54) is 6.42 Å². The summed E-state index contributed by atoms with van der Waals surface area (Å²) >= 11 is 0. The van der Waals surface area contributed by atoms with E-state index in [-0.39, 0.29) is 0 Å². The van der Waals surface area contributed by atoms with Crippen molar-refractivity contribution in [3.8, 4) is 5.75 Å². The third kappa shape index (κ3) is 10.7. The first-order chi connectivity index (χ1) is 12.1. The molecule has 0 heterocycles. The van der Waals surface area contributed by atoms with Crippen molar-refractivity contribution in [2.45, 2.75) is 46.1 Å². The number of nitrogens with one attached hydrogen (secondary N) is 2. The minimum atomic E-state index is 0.616. The zero-order chi connectivity index (χ0) is 18.3. The number of hydrogen-bond donors (Lipinski definition) is 2. The second-order valence-electron chi connectivity index (χ2n) is 6.48. The molecular weight excluding hydrogens is 312 g/mol. The Morgan fingerprint density at radius 2 is 1.88 bits per heavy atom. The van der Waals surface area contributed by atoms with Crippen LogP contribution in [-0.2, 0) is 0 Å². The second kappa shape index (κ2) is 13.5. The van der Waals surface area contributed by atoms with Crippen LogP contribution < -0.4 is 15.4 Å². The van der Waals surface area contributed by atoms with Crippen LogP contribution in [-0.4, -0.2) is 56.7 Å². The minimum absolute atomic E-state index is 0.616. The first kappa shape index (κ1) is 21.3. The standard InChI is InChI=1S/C20H36N4O/c1-5-21-20(22-14-9-10-16-24(4)18(2)3)23-15-11-17-25-19-12-7-6-8-13-19/h6-8,12-13,18H,5,9-11,14-17H2,1-4H3,(H2,21,22,23). The number of nitrogens with zero attached hydrogens (tertiary/aromatic N) is 2. The van der Waals surface area contributed by atoms with Crippen LogP contribution in [0.3, 0.4) is 0 Å². The van der Waals surface area contributed by atoms with Crippen molar-refractivity contribution in [1.29, 1.82) is 0 Å². The lowest BCUT2D eigenvalue weighted by Gasteiger charge is -2.20. The molecule has 0 aliphatic heterocycles. The van der Waals surface area contributed by atoms with E-state index >= 15 is 0 Å². The minimum Gasteiger partial charge on any atom is -0.494 e. The van der Waals surface area contributed by atoms with Crippen molar-refractivity contribution in [1.82, 2.24) is 15.5 Å². The normalized spacial score (nSPS) is 11.8. The molecule has 5 heteroatoms. The molecule has 0 amide bonds. The molecule has 0 aliphatic carbocycles. The van der Waals surface area contributed by atoms with Crippen LogP contribution in [0.5, 0.6) is 5.75 Å². The van der Waals surface area contributed by atoms with Crippen LogP contribution in [0, 0.1) is 0 Å². The van der Waals surface area contributed by atoms with Gasteiger partial charge in [-0.25, -0.2) is 0 Å². The fraction of sp³-hybridized carbons (Fsp3) is 0.650. The van der Waals surface area contributed by atoms with Gasteiger partial charge in [0.15, 0.2) is 5.96 Å². The quantitative estimate of drug-likeness (QED) is 0.346. The van der Waals surface area contributed by atoms with E-state index < -0.39 is 0 Å². The van der Waals surface area contributed by atoms with Gasteiger partial charge >= 0.3 is 0 Å². The maximum absolute atomic E-state index is 5.69. The molecule has 0 aromatic heterocycles. The van der Waals surface area contributed by atoms with Gasteiger partial charge in [-0.05, 0) is 59.3 Å². The monoisotopic (exact) mass is 348 g/mol. The van der Waals surface area contributed by atoms with E-state index in [1.807, 2.05) is 30.3 Å². The van der Waals surface area contributed by atoms with Gasteiger partial charge in [0.25, 0.3) is 0 Å². The molecular formula is C20H36N4O. The predicted octanol–water partition coefficient (Wildman–Crippen LogP) is 3.13. The van der Waals surface area contributed by atoms with Gasteiger partial charge in [0.05, 0.1) is 6.61 Å². The molecule has 0 unspecified atom stereocenters. The van der Waals surface area contributed by atoms with Gasteiger partial charge in [-0.2, -0.15) is 0 Å². The summed E-state index contributed by atoms with van der Waals surface area (Å²) in [6.07, 6.45) is 3.26. The molecule has 0 fully saturated rings. The first-order valence-corrected chi connectivity index (χ1v) is 9.53. The maximum atomic E-state index is 5.69. The first-order valence-electron chi connectivity index (χ1n) is 9.53. The van der Waals surface area contributed by atoms with Gasteiger partial charge in [-0.1, -0.05) is 18.2 Å². The van der Waals surface area contributed by atoms with Gasteiger partial charge < -0.3 is 20.3 Å². The maximum Gasteiger partial charge on any atom is 0.191 e. The summed E-state index contributed by atoms with van der Waals surface area (Å²) in [5, 5.41) is 6.71. The molecule has 0 atom stereocenters. The van der Waals surface area contributed by atoms with Gasteiger partial charge in [-0.3, -0.25) is 4.99 Å². The van der Waals surface area contributed by atoms with E-state index in [9.17, 15) is 0 Å². The van der Waals surface area contributed by atoms with Crippen LogP contribution in [0.1, 0.15) is 40.0 Å². The zero-order valence-corrected chi connectivity index (χ0v) is 16.4. The summed E-state index contributed by atoms with van der Waals surface area (Å²) in [4.78, 5) is 6.99. The number of hydrogen-bond acceptors (Lipinski definition) is 3. The number of benzene rings is 1. The molecule has 0 spiro atoms. The van der Waals surface area contributed by atoms with Crippen LogP contribution in [0.25, 0.3) is 0 Å². The lowest BCUT2D eigenvalue weighted by molar-refractivity contribution is 0.268. The fourth-order valence-corrected chi connectivity index (χ4v) is 2.26. The van der Waals surface area contributed by atoms with Crippen LogP contribution >= 0.6 is 0 Å². The number of guanidine groups is 1. The zero-order valence-electron chi connectivity index (χ0n) is 16.4. The van der Waals surface area contributed by atoms with Gasteiger partial charge in [0, 0.05) is 32.1 Å². The Hall–Kier alpha value is -1.75. The van der Waals surface area contributed by atoms with E-state index in [4.69, 9.17) is 4.74 Å². The molecule has 0 saturated heterocycles. The molecule has 1 rings (SSSR count). The highest BCUT2D eigenvalue weighted by Crippen LogP contribution is 2.08. The highest BCUT2D eigenvalue weighted by atomic mass is 16.5. The highest BCUT2D eigenvalue weighted by molar-refractivity contribution is 5.79. The fourth-order valence-electron chi connectivity index (χ4n) is 2.26. The summed E-state index contributed by atoms with van der Waals surface area (Å²) in [7, 11) is 2.18. The smallest absolute Gasteiger partial charge is 0.191 e. The number of rotatable bonds is 12. The van der Waals surface area contributed by atoms with Gasteiger partial charge in [0.1, 0.15) is 5.75 Å². The molecule has 142 valence electrons. The van der Waals surface area contributed by atoms with E-state index in [0.29, 0.717) is 12.6 Å². The van der Waals surface area contributed by atoms with Crippen molar-refractivity contribution in [3.05, 3.63) is 30.3 Å². The third-order valence-corrected chi connectivity index (χ3v) is 4.04. The predicted molar refractivity (Wildman–Crippen MR) is 108 cm³/mol. The molecule has 0 saturated carbocycles. The van der Waals surface area contributed by atoms with Gasteiger partial charge in [-0.15, -0.1) is 0 Å². The summed E-state index contributed by atoms with van der Waals surface area (Å²) in [6, 6.07) is 10.5. The van der Waals surface area contributed by atoms with Crippen molar-refractivity contribution >= 4 is 5.96 Å². The molecule has 0 aliphatic rings. The van der Waals surface area contributed by atoms with Crippen molar-refractivity contribution in [2.24, 2.45) is 4.99 Å². The number of ether oxygens (including phenoxy) is 1. The largest absolute Gasteiger partial charge is 0.494 e. The lowest BCUT2D eigenvalue weighted by atomic mass is 10.2. The summed E-state index contributed by atoms with van der Waals surface area (Å²) in [6.45, 7) is 11.0. The van der Waals surface area contributed by atoms with E-state index in [1.54, 1.807) is 0 Å². The Labute approximate surface area is 153 Å². The molecule has 0 radical (unpaired) electrons. The number of para-hydroxylation sites is 1. The van der Waals surface area contributed by atoms with Crippen molar-refractivity contribution in [2.75, 3.05) is 39.8 Å². The Morgan fingerprint density at radius 1 is 1.12 bits per heavy atom. The molecule has 25 heavy (non-hydrogen) atoms. The SMILES string of the molecule is CCNC(=NCCCOc1ccccc1)NCCCCN(C)C(C)C. The Morgan fingerprint density at radius 3 is 2.56 bits per heavy atom. The van der Waals surface area contributed by atoms with Crippen molar-refractivity contribution in [3.63, 3.8) is 0 Å². The summed E-state index contributed by atoms with van der Waals surface area (Å²) < 4.78 is 5.69. The summed E-state index contributed by atoms with van der Waals surface area (Å²) in [5.74, 6) is 1.82.